The Kier molecular flexibility index (Phi) is 16.5. The van der Waals surface area contributed by atoms with Gasteiger partial charge in [-0.3, -0.25) is 9.59 Å². The number of aromatic hydroxyl groups is 1. The normalized spacial score (nSPS) is 12.1. The monoisotopic (exact) mass is 712 g/mol. The average molecular weight is 713 g/mol. The highest BCUT2D eigenvalue weighted by atomic mass is 35.5. The van der Waals surface area contributed by atoms with Gasteiger partial charge in [0.15, 0.2) is 9.84 Å². The van der Waals surface area contributed by atoms with Crippen molar-refractivity contribution in [2.45, 2.75) is 94.6 Å². The van der Waals surface area contributed by atoms with Crippen LogP contribution < -0.4 is 20.1 Å². The number of rotatable bonds is 21. The highest BCUT2D eigenvalue weighted by molar-refractivity contribution is 7.92. The summed E-state index contributed by atoms with van der Waals surface area (Å²) in [5.41, 5.74) is 0.781. The highest BCUT2D eigenvalue weighted by Crippen LogP contribution is 2.34. The second-order valence-electron chi connectivity index (χ2n) is 11.9. The second kappa shape index (κ2) is 20.5. The van der Waals surface area contributed by atoms with Crippen LogP contribution in [0, 0.1) is 0 Å². The molecule has 0 saturated heterocycles. The Morgan fingerprint density at radius 3 is 2.00 bits per heavy atom. The summed E-state index contributed by atoms with van der Waals surface area (Å²) in [7, 11) is -2.50. The number of halogens is 1. The summed E-state index contributed by atoms with van der Waals surface area (Å²) in [5.74, 6) is -0.436. The first-order valence-electron chi connectivity index (χ1n) is 17.0. The topological polar surface area (TPSA) is 131 Å². The number of hydrogen-bond acceptors (Lipinski definition) is 7. The third-order valence-electron chi connectivity index (χ3n) is 8.10. The molecule has 0 aliphatic carbocycles. The van der Waals surface area contributed by atoms with Crippen LogP contribution in [-0.2, 0) is 19.4 Å². The number of benzene rings is 3. The Balaban J connectivity index is 1.51. The molecule has 1 unspecified atom stereocenters. The Morgan fingerprint density at radius 2 is 1.41 bits per heavy atom. The van der Waals surface area contributed by atoms with Crippen molar-refractivity contribution in [2.75, 3.05) is 24.4 Å². The van der Waals surface area contributed by atoms with Crippen LogP contribution in [0.2, 0.25) is 5.02 Å². The van der Waals surface area contributed by atoms with Gasteiger partial charge in [0.25, 0.3) is 0 Å². The van der Waals surface area contributed by atoms with Gasteiger partial charge in [-0.05, 0) is 66.9 Å². The molecule has 0 radical (unpaired) electrons. The Labute approximate surface area is 296 Å². The van der Waals surface area contributed by atoms with Crippen molar-refractivity contribution in [1.29, 1.82) is 0 Å². The zero-order chi connectivity index (χ0) is 35.6. The first kappa shape index (κ1) is 39.4. The Bertz CT molecular complexity index is 1620. The maximum absolute atomic E-state index is 13.4. The van der Waals surface area contributed by atoms with Crippen LogP contribution in [0.1, 0.15) is 90.0 Å². The molecular weight excluding hydrogens is 664 g/mol. The number of phenols is 1. The molecule has 0 heterocycles. The Hall–Kier alpha value is -4.02. The van der Waals surface area contributed by atoms with Crippen molar-refractivity contribution in [1.82, 2.24) is 0 Å². The van der Waals surface area contributed by atoms with E-state index in [4.69, 9.17) is 21.1 Å². The number of anilines is 2. The van der Waals surface area contributed by atoms with Gasteiger partial charge in [0, 0.05) is 12.1 Å². The van der Waals surface area contributed by atoms with Gasteiger partial charge in [0.05, 0.1) is 35.0 Å². The molecule has 0 saturated carbocycles. The molecule has 0 bridgehead atoms. The molecule has 9 nitrogen and oxygen atoms in total. The SMILES string of the molecule is CCCCCCCCCCCCOc1ccc(S(=O)(=O)C(CC)C(=O)Nc2cc(O)c(NC(=O)/C=C/c3ccc(OC)cc3)cc2Cl)cc1. The molecule has 3 aromatic carbocycles. The molecule has 0 aliphatic rings. The highest BCUT2D eigenvalue weighted by Gasteiger charge is 2.33. The fraction of sp³-hybridized carbons (Fsp3) is 0.421. The van der Waals surface area contributed by atoms with Gasteiger partial charge in [-0.15, -0.1) is 0 Å². The maximum Gasteiger partial charge on any atom is 0.248 e. The summed E-state index contributed by atoms with van der Waals surface area (Å²) in [6.07, 6.45) is 15.2. The van der Waals surface area contributed by atoms with E-state index in [-0.39, 0.29) is 33.5 Å². The molecule has 0 aliphatic heterocycles. The van der Waals surface area contributed by atoms with Gasteiger partial charge in [-0.25, -0.2) is 8.42 Å². The smallest absolute Gasteiger partial charge is 0.248 e. The van der Waals surface area contributed by atoms with Crippen LogP contribution in [0.3, 0.4) is 0 Å². The van der Waals surface area contributed by atoms with E-state index in [1.807, 2.05) is 0 Å². The van der Waals surface area contributed by atoms with Crippen molar-refractivity contribution in [3.8, 4) is 17.2 Å². The number of methoxy groups -OCH3 is 1. The van der Waals surface area contributed by atoms with Gasteiger partial charge in [-0.1, -0.05) is 95.4 Å². The molecule has 3 N–H and O–H groups in total. The van der Waals surface area contributed by atoms with Crippen molar-refractivity contribution in [3.63, 3.8) is 0 Å². The molecule has 266 valence electrons. The van der Waals surface area contributed by atoms with E-state index in [2.05, 4.69) is 17.6 Å². The largest absolute Gasteiger partial charge is 0.506 e. The molecule has 49 heavy (non-hydrogen) atoms. The third kappa shape index (κ3) is 12.7. The van der Waals surface area contributed by atoms with Gasteiger partial charge in [0.2, 0.25) is 11.8 Å². The average Bonchev–Trinajstić information content (AvgIpc) is 3.09. The molecule has 11 heteroatoms. The molecular formula is C38H49ClN2O7S. The first-order valence-corrected chi connectivity index (χ1v) is 18.9. The molecule has 3 rings (SSSR count). The fourth-order valence-electron chi connectivity index (χ4n) is 5.25. The van der Waals surface area contributed by atoms with Crippen molar-refractivity contribution < 1.29 is 32.6 Å². The van der Waals surface area contributed by atoms with Gasteiger partial charge < -0.3 is 25.2 Å². The number of amides is 2. The number of carbonyl (C=O) groups excluding carboxylic acids is 2. The zero-order valence-electron chi connectivity index (χ0n) is 28.7. The molecule has 0 spiro atoms. The van der Waals surface area contributed by atoms with E-state index < -0.39 is 26.9 Å². The van der Waals surface area contributed by atoms with E-state index in [9.17, 15) is 23.1 Å². The van der Waals surface area contributed by atoms with E-state index >= 15 is 0 Å². The van der Waals surface area contributed by atoms with Crippen LogP contribution in [-0.4, -0.2) is 44.3 Å². The van der Waals surface area contributed by atoms with Crippen molar-refractivity contribution in [2.24, 2.45) is 0 Å². The molecule has 0 fully saturated rings. The maximum atomic E-state index is 13.4. The number of phenolic OH excluding ortho intramolecular Hbond substituents is 1. The lowest BCUT2D eigenvalue weighted by Gasteiger charge is -2.18. The van der Waals surface area contributed by atoms with Gasteiger partial charge in [-0.2, -0.15) is 0 Å². The zero-order valence-corrected chi connectivity index (χ0v) is 30.2. The van der Waals surface area contributed by atoms with Gasteiger partial charge >= 0.3 is 0 Å². The summed E-state index contributed by atoms with van der Waals surface area (Å²) in [5, 5.41) is 14.2. The van der Waals surface area contributed by atoms with Crippen LogP contribution in [0.4, 0.5) is 11.4 Å². The minimum Gasteiger partial charge on any atom is -0.506 e. The first-order chi connectivity index (χ1) is 23.6. The number of unbranched alkanes of at least 4 members (excludes halogenated alkanes) is 9. The predicted molar refractivity (Wildman–Crippen MR) is 197 cm³/mol. The number of sulfone groups is 1. The minimum atomic E-state index is -4.06. The van der Waals surface area contributed by atoms with Crippen LogP contribution in [0.5, 0.6) is 17.2 Å². The van der Waals surface area contributed by atoms with Crippen molar-refractivity contribution >= 4 is 50.7 Å². The lowest BCUT2D eigenvalue weighted by atomic mass is 10.1. The molecule has 3 aromatic rings. The summed E-state index contributed by atoms with van der Waals surface area (Å²) in [6, 6.07) is 15.6. The van der Waals surface area contributed by atoms with E-state index in [0.29, 0.717) is 18.1 Å². The minimum absolute atomic E-state index is 0.000289. The number of hydrogen-bond donors (Lipinski definition) is 3. The summed E-state index contributed by atoms with van der Waals surface area (Å²) in [6.45, 7) is 4.38. The fourth-order valence-corrected chi connectivity index (χ4v) is 7.08. The van der Waals surface area contributed by atoms with E-state index in [1.54, 1.807) is 56.5 Å². The lowest BCUT2D eigenvalue weighted by molar-refractivity contribution is -0.116. The number of carbonyl (C=O) groups is 2. The van der Waals surface area contributed by atoms with Crippen molar-refractivity contribution in [3.05, 3.63) is 77.3 Å². The van der Waals surface area contributed by atoms with E-state index in [1.165, 1.54) is 75.6 Å². The number of nitrogens with one attached hydrogen (secondary N) is 2. The summed E-state index contributed by atoms with van der Waals surface area (Å²) in [4.78, 5) is 25.6. The van der Waals surface area contributed by atoms with E-state index in [0.717, 1.165) is 24.5 Å². The van der Waals surface area contributed by atoms with Crippen LogP contribution in [0.25, 0.3) is 6.08 Å². The van der Waals surface area contributed by atoms with Gasteiger partial charge in [0.1, 0.15) is 22.5 Å². The Morgan fingerprint density at radius 1 is 0.816 bits per heavy atom. The summed E-state index contributed by atoms with van der Waals surface area (Å²) < 4.78 is 37.8. The molecule has 1 atom stereocenters. The lowest BCUT2D eigenvalue weighted by Crippen LogP contribution is -2.34. The third-order valence-corrected chi connectivity index (χ3v) is 10.6. The predicted octanol–water partition coefficient (Wildman–Crippen LogP) is 9.20. The summed E-state index contributed by atoms with van der Waals surface area (Å²) >= 11 is 6.36. The standard InChI is InChI=1S/C38H49ClN2O7S/c1-4-6-7-8-9-10-11-12-13-14-25-48-30-20-22-31(23-21-30)49(45,46)36(5-2)38(44)41-33-27-35(42)34(26-32(33)39)40-37(43)24-17-28-15-18-29(47-3)19-16-28/h15-24,26-27,36,42H,4-14,25H2,1-3H3,(H,40,43)(H,41,44)/b24-17+. The van der Waals surface area contributed by atoms with Crippen LogP contribution in [0.15, 0.2) is 71.6 Å². The second-order valence-corrected chi connectivity index (χ2v) is 14.4. The molecule has 2 amide bonds. The number of ether oxygens (including phenoxy) is 2. The molecule has 0 aromatic heterocycles. The van der Waals surface area contributed by atoms with Crippen LogP contribution >= 0.6 is 11.6 Å². The quantitative estimate of drug-likeness (QED) is 0.0570.